The molecule has 0 spiro atoms. The molecule has 0 amide bonds. The van der Waals surface area contributed by atoms with Gasteiger partial charge >= 0.3 is 0 Å². The van der Waals surface area contributed by atoms with E-state index in [1.165, 1.54) is 18.2 Å². The van der Waals surface area contributed by atoms with Crippen molar-refractivity contribution in [3.05, 3.63) is 71.8 Å². The number of phenolic OH excluding ortho intramolecular Hbond substituents is 1. The Balaban J connectivity index is 1.20. The van der Waals surface area contributed by atoms with Gasteiger partial charge in [-0.3, -0.25) is 9.59 Å². The molecule has 7 rings (SSSR count). The van der Waals surface area contributed by atoms with Crippen LogP contribution in [0.3, 0.4) is 0 Å². The molecule has 44 heavy (non-hydrogen) atoms. The normalized spacial score (nSPS) is 40.4. The van der Waals surface area contributed by atoms with Gasteiger partial charge in [0.05, 0.1) is 12.2 Å². The Bertz CT molecular complexity index is 1590. The van der Waals surface area contributed by atoms with E-state index in [4.69, 9.17) is 19.9 Å². The second-order valence-corrected chi connectivity index (χ2v) is 13.3. The number of halogens is 1. The van der Waals surface area contributed by atoms with Gasteiger partial charge < -0.3 is 35.3 Å². The molecule has 4 fully saturated rings. The monoisotopic (exact) mass is 605 g/mol. The Morgan fingerprint density at radius 1 is 1.16 bits per heavy atom. The first kappa shape index (κ1) is 29.2. The summed E-state index contributed by atoms with van der Waals surface area (Å²) in [5, 5.41) is 32.7. The predicted octanol–water partition coefficient (Wildman–Crippen LogP) is 4.32. The van der Waals surface area contributed by atoms with Crippen molar-refractivity contribution in [2.75, 3.05) is 12.3 Å². The molecule has 2 aromatic carbocycles. The van der Waals surface area contributed by atoms with E-state index in [-0.39, 0.29) is 47.9 Å². The number of ether oxygens (including phenoxy) is 3. The summed E-state index contributed by atoms with van der Waals surface area (Å²) in [6.45, 7) is 2.95. The van der Waals surface area contributed by atoms with Crippen molar-refractivity contribution >= 4 is 17.3 Å². The van der Waals surface area contributed by atoms with Crippen LogP contribution in [0.2, 0.25) is 0 Å². The fourth-order valence-electron chi connectivity index (χ4n) is 9.27. The number of rotatable bonds is 5. The van der Waals surface area contributed by atoms with Crippen LogP contribution in [0.25, 0.3) is 0 Å². The Labute approximate surface area is 254 Å². The van der Waals surface area contributed by atoms with Gasteiger partial charge in [0.1, 0.15) is 18.5 Å². The van der Waals surface area contributed by atoms with E-state index in [2.05, 4.69) is 0 Å². The molecule has 5 N–H and O–H groups in total. The minimum absolute atomic E-state index is 0.105. The van der Waals surface area contributed by atoms with Gasteiger partial charge in [-0.1, -0.05) is 19.9 Å². The van der Waals surface area contributed by atoms with Crippen LogP contribution in [0.1, 0.15) is 45.0 Å². The Kier molecular flexibility index (Phi) is 6.61. The maximum Gasteiger partial charge on any atom is 0.193 e. The predicted molar refractivity (Wildman–Crippen MR) is 156 cm³/mol. The highest BCUT2D eigenvalue weighted by Gasteiger charge is 2.76. The lowest BCUT2D eigenvalue weighted by atomic mass is 9.46. The first-order chi connectivity index (χ1) is 20.9. The minimum Gasteiger partial charge on any atom is -0.504 e. The molecule has 0 bridgehead atoms. The number of carbonyl (C=O) groups is 2. The number of phenols is 1. The molecule has 5 aliphatic rings. The zero-order valence-corrected chi connectivity index (χ0v) is 24.5. The number of aliphatic hydroxyl groups is 2. The van der Waals surface area contributed by atoms with E-state index < -0.39 is 53.5 Å². The molecule has 3 saturated carbocycles. The molecule has 2 aromatic rings. The molecule has 4 aliphatic carbocycles. The third-order valence-corrected chi connectivity index (χ3v) is 11.1. The van der Waals surface area contributed by atoms with Crippen molar-refractivity contribution in [2.24, 2.45) is 28.6 Å². The van der Waals surface area contributed by atoms with E-state index in [1.807, 2.05) is 13.8 Å². The number of Topliss-reactive ketones (excluding diaryl/α,β-unsaturated/α-hetero) is 1. The van der Waals surface area contributed by atoms with E-state index in [1.54, 1.807) is 42.5 Å². The van der Waals surface area contributed by atoms with Gasteiger partial charge in [0.25, 0.3) is 0 Å². The van der Waals surface area contributed by atoms with Gasteiger partial charge in [-0.25, -0.2) is 4.39 Å². The van der Waals surface area contributed by atoms with Crippen molar-refractivity contribution < 1.29 is 43.5 Å². The number of allylic oxidation sites excluding steroid dienone is 4. The zero-order chi connectivity index (χ0) is 31.2. The zero-order valence-electron chi connectivity index (χ0n) is 24.5. The molecule has 10 heteroatoms. The van der Waals surface area contributed by atoms with Crippen molar-refractivity contribution in [3.63, 3.8) is 0 Å². The third-order valence-electron chi connectivity index (χ3n) is 11.1. The fraction of sp³-hybridized carbons (Fsp3) is 0.471. The molecule has 1 aliphatic heterocycles. The highest BCUT2D eigenvalue weighted by atomic mass is 19.1. The summed E-state index contributed by atoms with van der Waals surface area (Å²) in [6.07, 6.45) is 1.04. The second kappa shape index (κ2) is 9.97. The van der Waals surface area contributed by atoms with Crippen molar-refractivity contribution in [2.45, 2.75) is 63.4 Å². The largest absolute Gasteiger partial charge is 0.504 e. The summed E-state index contributed by atoms with van der Waals surface area (Å²) >= 11 is 0. The number of alkyl halides is 1. The number of aliphatic hydroxyl groups excluding tert-OH is 2. The highest BCUT2D eigenvalue weighted by Crippen LogP contribution is 2.70. The molecule has 0 radical (unpaired) electrons. The average molecular weight is 606 g/mol. The van der Waals surface area contributed by atoms with Crippen LogP contribution >= 0.6 is 0 Å². The summed E-state index contributed by atoms with van der Waals surface area (Å²) < 4.78 is 34.5. The maximum atomic E-state index is 15.8. The Morgan fingerprint density at radius 2 is 1.91 bits per heavy atom. The molecular formula is C34H36FNO8. The second-order valence-electron chi connectivity index (χ2n) is 13.3. The number of nitrogen functional groups attached to an aromatic ring is 1. The number of ketones is 2. The maximum absolute atomic E-state index is 15.8. The lowest BCUT2D eigenvalue weighted by Crippen LogP contribution is -2.64. The van der Waals surface area contributed by atoms with Crippen LogP contribution in [0.5, 0.6) is 17.2 Å². The summed E-state index contributed by atoms with van der Waals surface area (Å²) in [6, 6.07) is 11.4. The Hall–Kier alpha value is -3.57. The average Bonchev–Trinajstić information content (AvgIpc) is 3.49. The van der Waals surface area contributed by atoms with Gasteiger partial charge in [0.15, 0.2) is 35.0 Å². The quantitative estimate of drug-likeness (QED) is 0.366. The van der Waals surface area contributed by atoms with Crippen LogP contribution in [0, 0.1) is 28.6 Å². The summed E-state index contributed by atoms with van der Waals surface area (Å²) in [5.41, 5.74) is 3.72. The Morgan fingerprint density at radius 3 is 2.61 bits per heavy atom. The van der Waals surface area contributed by atoms with Gasteiger partial charge in [-0.15, -0.1) is 0 Å². The van der Waals surface area contributed by atoms with Crippen molar-refractivity contribution in [1.29, 1.82) is 0 Å². The molecule has 0 aromatic heterocycles. The minimum atomic E-state index is -1.60. The fourth-order valence-corrected chi connectivity index (χ4v) is 9.27. The summed E-state index contributed by atoms with van der Waals surface area (Å²) in [7, 11) is 0. The van der Waals surface area contributed by atoms with Gasteiger partial charge in [-0.05, 0) is 91.3 Å². The van der Waals surface area contributed by atoms with Crippen LogP contribution in [0.15, 0.2) is 66.3 Å². The van der Waals surface area contributed by atoms with Crippen LogP contribution in [0.4, 0.5) is 10.1 Å². The number of nitrogens with two attached hydrogens (primary N) is 1. The van der Waals surface area contributed by atoms with E-state index >= 15 is 4.39 Å². The summed E-state index contributed by atoms with van der Waals surface area (Å²) in [5.74, 6) is -1.27. The molecule has 1 saturated heterocycles. The van der Waals surface area contributed by atoms with Crippen molar-refractivity contribution in [1.82, 2.24) is 0 Å². The third kappa shape index (κ3) is 3.97. The SMILES string of the molecule is C[C@]12C=CC(=O)C=C1[C@@H](F)C[C@@H]1C2[C@@H](O)C[C@@]2(C)[C@H]1C[C@H]1O[C@@H](c3ccc(Oc4ccc(N)cc4)c(O)c3)O[C@]12C(=O)CO. The highest BCUT2D eigenvalue weighted by molar-refractivity contribution is 6.01. The number of hydrogen-bond acceptors (Lipinski definition) is 9. The van der Waals surface area contributed by atoms with Gasteiger partial charge in [0, 0.05) is 28.0 Å². The van der Waals surface area contributed by atoms with Crippen LogP contribution in [-0.2, 0) is 19.1 Å². The molecular weight excluding hydrogens is 569 g/mol. The smallest absolute Gasteiger partial charge is 0.193 e. The lowest BCUT2D eigenvalue weighted by Gasteiger charge is -2.60. The van der Waals surface area contributed by atoms with E-state index in [9.17, 15) is 24.9 Å². The number of fused-ring (bicyclic) bond motifs is 7. The standard InChI is InChI=1S/C34H36FNO8/c1-32-10-9-19(38)12-23(32)24(35)13-21-22-14-29-34(28(41)16-37,33(22,2)15-26(40)30(21)32)44-31(43-29)17-3-8-27(25(39)11-17)42-20-6-4-18(36)5-7-20/h3-12,21-22,24,26,29-31,37,39-40H,13-16,36H2,1-2H3/t21-,22-,24-,26-,29+,30?,31+,32-,33-,34+/m0/s1. The van der Waals surface area contributed by atoms with Crippen molar-refractivity contribution in [3.8, 4) is 17.2 Å². The number of hydrogen-bond donors (Lipinski definition) is 4. The number of benzene rings is 2. The first-order valence-corrected chi connectivity index (χ1v) is 15.0. The lowest BCUT2D eigenvalue weighted by molar-refractivity contribution is -0.203. The molecule has 1 unspecified atom stereocenters. The van der Waals surface area contributed by atoms with E-state index in [0.29, 0.717) is 29.0 Å². The molecule has 232 valence electrons. The van der Waals surface area contributed by atoms with Gasteiger partial charge in [0.2, 0.25) is 0 Å². The number of anilines is 1. The topological polar surface area (TPSA) is 149 Å². The van der Waals surface area contributed by atoms with Gasteiger partial charge in [-0.2, -0.15) is 0 Å². The summed E-state index contributed by atoms with van der Waals surface area (Å²) in [4.78, 5) is 25.8. The molecule has 1 heterocycles. The van der Waals surface area contributed by atoms with Crippen LogP contribution < -0.4 is 10.5 Å². The number of carbonyl (C=O) groups excluding carboxylic acids is 2. The molecule has 9 nitrogen and oxygen atoms in total. The number of aromatic hydroxyl groups is 1. The first-order valence-electron chi connectivity index (χ1n) is 15.0. The van der Waals surface area contributed by atoms with Crippen LogP contribution in [-0.4, -0.2) is 57.5 Å². The van der Waals surface area contributed by atoms with E-state index in [0.717, 1.165) is 0 Å². The molecule has 10 atom stereocenters.